The molecule has 0 fully saturated rings. The van der Waals surface area contributed by atoms with Gasteiger partial charge in [-0.3, -0.25) is 4.79 Å². The Morgan fingerprint density at radius 2 is 1.96 bits per heavy atom. The maximum Gasteiger partial charge on any atom is 0.328 e. The van der Waals surface area contributed by atoms with Gasteiger partial charge in [-0.05, 0) is 50.4 Å². The van der Waals surface area contributed by atoms with Gasteiger partial charge in [0.15, 0.2) is 0 Å². The summed E-state index contributed by atoms with van der Waals surface area (Å²) in [5, 5.41) is 2.76. The summed E-state index contributed by atoms with van der Waals surface area (Å²) < 4.78 is 6.71. The van der Waals surface area contributed by atoms with Crippen molar-refractivity contribution in [3.8, 4) is 0 Å². The zero-order chi connectivity index (χ0) is 16.8. The van der Waals surface area contributed by atoms with Gasteiger partial charge in [-0.15, -0.1) is 11.3 Å². The number of carbonyl (C=O) groups is 2. The fourth-order valence-corrected chi connectivity index (χ4v) is 3.91. The van der Waals surface area contributed by atoms with E-state index in [1.54, 1.807) is 13.0 Å². The van der Waals surface area contributed by atoms with Crippen LogP contribution < -0.4 is 5.32 Å². The third-order valence-electron chi connectivity index (χ3n) is 3.03. The largest absolute Gasteiger partial charge is 0.464 e. The van der Waals surface area contributed by atoms with Crippen molar-refractivity contribution in [2.45, 2.75) is 19.4 Å². The summed E-state index contributed by atoms with van der Waals surface area (Å²) in [6, 6.07) is 10.5. The van der Waals surface area contributed by atoms with Crippen LogP contribution in [-0.2, 0) is 16.0 Å². The van der Waals surface area contributed by atoms with Gasteiger partial charge in [0.2, 0.25) is 0 Å². The smallest absolute Gasteiger partial charge is 0.328 e. The molecule has 4 nitrogen and oxygen atoms in total. The average molecular weight is 461 g/mol. The summed E-state index contributed by atoms with van der Waals surface area (Å²) >= 11 is 8.01. The Kier molecular flexibility index (Phi) is 6.80. The molecule has 0 aliphatic rings. The molecule has 122 valence electrons. The van der Waals surface area contributed by atoms with Crippen LogP contribution in [0.15, 0.2) is 44.7 Å². The molecule has 2 rings (SSSR count). The monoisotopic (exact) mass is 459 g/mol. The normalized spacial score (nSPS) is 11.8. The molecule has 0 radical (unpaired) electrons. The van der Waals surface area contributed by atoms with E-state index in [0.29, 0.717) is 11.3 Å². The minimum atomic E-state index is -0.718. The number of ether oxygens (including phenoxy) is 1. The number of nitrogens with one attached hydrogen (secondary N) is 1. The summed E-state index contributed by atoms with van der Waals surface area (Å²) in [4.78, 5) is 25.0. The van der Waals surface area contributed by atoms with Crippen molar-refractivity contribution < 1.29 is 14.3 Å². The van der Waals surface area contributed by atoms with Gasteiger partial charge < -0.3 is 10.1 Å². The number of thiophene rings is 1. The van der Waals surface area contributed by atoms with Gasteiger partial charge in [-0.1, -0.05) is 30.3 Å². The summed E-state index contributed by atoms with van der Waals surface area (Å²) in [7, 11) is 0. The highest BCUT2D eigenvalue weighted by Crippen LogP contribution is 2.32. The molecule has 0 aliphatic carbocycles. The molecule has 1 unspecified atom stereocenters. The fraction of sp³-hybridized carbons (Fsp3) is 0.250. The summed E-state index contributed by atoms with van der Waals surface area (Å²) in [5.74, 6) is -0.727. The molecule has 0 spiro atoms. The van der Waals surface area contributed by atoms with E-state index < -0.39 is 12.0 Å². The predicted octanol–water partition coefficient (Wildman–Crippen LogP) is 4.18. The second-order valence-electron chi connectivity index (χ2n) is 4.70. The molecule has 7 heteroatoms. The molecular formula is C16H15Br2NO3S. The Balaban J connectivity index is 2.13. The van der Waals surface area contributed by atoms with Crippen LogP contribution >= 0.6 is 43.2 Å². The van der Waals surface area contributed by atoms with Crippen LogP contribution in [0.1, 0.15) is 22.2 Å². The Morgan fingerprint density at radius 1 is 1.26 bits per heavy atom. The van der Waals surface area contributed by atoms with Crippen LogP contribution in [-0.4, -0.2) is 24.5 Å². The first-order chi connectivity index (χ1) is 11.0. The Morgan fingerprint density at radius 3 is 2.52 bits per heavy atom. The van der Waals surface area contributed by atoms with Gasteiger partial charge in [-0.25, -0.2) is 4.79 Å². The highest BCUT2D eigenvalue weighted by Gasteiger charge is 2.24. The minimum Gasteiger partial charge on any atom is -0.464 e. The molecule has 1 N–H and O–H groups in total. The molecule has 1 amide bonds. The van der Waals surface area contributed by atoms with E-state index in [-0.39, 0.29) is 12.5 Å². The molecule has 2 aromatic rings. The van der Waals surface area contributed by atoms with Crippen LogP contribution in [0.5, 0.6) is 0 Å². The van der Waals surface area contributed by atoms with Gasteiger partial charge in [0.1, 0.15) is 6.04 Å². The van der Waals surface area contributed by atoms with E-state index in [1.165, 1.54) is 11.3 Å². The molecule has 1 heterocycles. The number of carbonyl (C=O) groups excluding carboxylic acids is 2. The molecule has 1 atom stereocenters. The molecule has 0 bridgehead atoms. The van der Waals surface area contributed by atoms with E-state index >= 15 is 0 Å². The minimum absolute atomic E-state index is 0.274. The van der Waals surface area contributed by atoms with Gasteiger partial charge >= 0.3 is 5.97 Å². The highest BCUT2D eigenvalue weighted by atomic mass is 79.9. The van der Waals surface area contributed by atoms with Crippen LogP contribution in [0.2, 0.25) is 0 Å². The Bertz CT molecular complexity index is 668. The van der Waals surface area contributed by atoms with Gasteiger partial charge in [0.25, 0.3) is 5.91 Å². The second-order valence-corrected chi connectivity index (χ2v) is 7.92. The summed E-state index contributed by atoms with van der Waals surface area (Å²) in [6.45, 7) is 2.02. The van der Waals surface area contributed by atoms with E-state index in [1.807, 2.05) is 30.3 Å². The Labute approximate surface area is 155 Å². The standard InChI is InChI=1S/C16H15Br2NO3S/c1-2-22-16(21)12(8-10-6-4-3-5-7-10)19-15(20)13-9-11(17)14(18)23-13/h3-7,9,12H,2,8H2,1H3,(H,19,20). The number of amides is 1. The lowest BCUT2D eigenvalue weighted by atomic mass is 10.1. The molecule has 0 saturated carbocycles. The first kappa shape index (κ1) is 18.2. The van der Waals surface area contributed by atoms with E-state index in [9.17, 15) is 9.59 Å². The lowest BCUT2D eigenvalue weighted by molar-refractivity contribution is -0.145. The molecule has 0 saturated heterocycles. The lowest BCUT2D eigenvalue weighted by Crippen LogP contribution is -2.43. The average Bonchev–Trinajstić information content (AvgIpc) is 2.87. The molecule has 0 aliphatic heterocycles. The van der Waals surface area contributed by atoms with Crippen LogP contribution in [0, 0.1) is 0 Å². The van der Waals surface area contributed by atoms with Gasteiger partial charge in [0, 0.05) is 10.9 Å². The maximum absolute atomic E-state index is 12.4. The molecule has 1 aromatic heterocycles. The Hall–Kier alpha value is -1.18. The number of hydrogen-bond acceptors (Lipinski definition) is 4. The van der Waals surface area contributed by atoms with Crippen molar-refractivity contribution in [2.75, 3.05) is 6.61 Å². The van der Waals surface area contributed by atoms with E-state index in [2.05, 4.69) is 37.2 Å². The molecular weight excluding hydrogens is 446 g/mol. The van der Waals surface area contributed by atoms with Crippen LogP contribution in [0.4, 0.5) is 0 Å². The molecule has 1 aromatic carbocycles. The SMILES string of the molecule is CCOC(=O)C(Cc1ccccc1)NC(=O)c1cc(Br)c(Br)s1. The van der Waals surface area contributed by atoms with E-state index in [4.69, 9.17) is 4.74 Å². The lowest BCUT2D eigenvalue weighted by Gasteiger charge is -2.17. The fourth-order valence-electron chi connectivity index (χ4n) is 1.97. The first-order valence-electron chi connectivity index (χ1n) is 6.97. The zero-order valence-electron chi connectivity index (χ0n) is 12.3. The number of halogens is 2. The van der Waals surface area contributed by atoms with Crippen molar-refractivity contribution >= 4 is 55.1 Å². The number of benzene rings is 1. The van der Waals surface area contributed by atoms with Crippen molar-refractivity contribution in [3.63, 3.8) is 0 Å². The topological polar surface area (TPSA) is 55.4 Å². The summed E-state index contributed by atoms with van der Waals surface area (Å²) in [5.41, 5.74) is 0.958. The number of hydrogen-bond donors (Lipinski definition) is 1. The van der Waals surface area contributed by atoms with Crippen LogP contribution in [0.25, 0.3) is 0 Å². The van der Waals surface area contributed by atoms with E-state index in [0.717, 1.165) is 13.8 Å². The quantitative estimate of drug-likeness (QED) is 0.658. The van der Waals surface area contributed by atoms with Crippen molar-refractivity contribution in [2.24, 2.45) is 0 Å². The van der Waals surface area contributed by atoms with Crippen molar-refractivity contribution in [1.82, 2.24) is 5.32 Å². The van der Waals surface area contributed by atoms with Gasteiger partial charge in [-0.2, -0.15) is 0 Å². The number of esters is 1. The van der Waals surface area contributed by atoms with Crippen LogP contribution in [0.3, 0.4) is 0 Å². The highest BCUT2D eigenvalue weighted by molar-refractivity contribution is 9.13. The maximum atomic E-state index is 12.4. The predicted molar refractivity (Wildman–Crippen MR) is 97.8 cm³/mol. The first-order valence-corrected chi connectivity index (χ1v) is 9.37. The molecule has 23 heavy (non-hydrogen) atoms. The third kappa shape index (κ3) is 5.16. The van der Waals surface area contributed by atoms with Crippen molar-refractivity contribution in [1.29, 1.82) is 0 Å². The van der Waals surface area contributed by atoms with Gasteiger partial charge in [0.05, 0.1) is 15.3 Å². The summed E-state index contributed by atoms with van der Waals surface area (Å²) in [6.07, 6.45) is 0.388. The second kappa shape index (κ2) is 8.61. The third-order valence-corrected chi connectivity index (χ3v) is 6.28. The zero-order valence-corrected chi connectivity index (χ0v) is 16.3. The van der Waals surface area contributed by atoms with Crippen molar-refractivity contribution in [3.05, 3.63) is 55.1 Å². The number of rotatable bonds is 6.